The number of primary amides is 1. The van der Waals surface area contributed by atoms with Gasteiger partial charge in [0.05, 0.1) is 18.2 Å². The molecule has 0 bridgehead atoms. The van der Waals surface area contributed by atoms with E-state index in [1.165, 1.54) is 30.9 Å². The van der Waals surface area contributed by atoms with Crippen molar-refractivity contribution in [3.63, 3.8) is 0 Å². The van der Waals surface area contributed by atoms with Gasteiger partial charge in [-0.15, -0.1) is 0 Å². The van der Waals surface area contributed by atoms with E-state index in [1.807, 2.05) is 13.8 Å². The minimum atomic E-state index is -1.43. The number of likely N-dealkylation sites (tertiary alicyclic amines) is 1. The van der Waals surface area contributed by atoms with Crippen LogP contribution in [0.25, 0.3) is 0 Å². The van der Waals surface area contributed by atoms with Crippen molar-refractivity contribution >= 4 is 47.1 Å². The van der Waals surface area contributed by atoms with Crippen LogP contribution < -0.4 is 38.9 Å². The average Bonchev–Trinajstić information content (AvgIpc) is 3.48. The summed E-state index contributed by atoms with van der Waals surface area (Å²) in [6.45, 7) is 10.3. The van der Waals surface area contributed by atoms with Gasteiger partial charge in [-0.25, -0.2) is 0 Å². The van der Waals surface area contributed by atoms with Gasteiger partial charge >= 0.3 is 0 Å². The van der Waals surface area contributed by atoms with E-state index in [9.17, 15) is 43.8 Å². The summed E-state index contributed by atoms with van der Waals surface area (Å²) in [5.41, 5.74) is 22.8. The van der Waals surface area contributed by atoms with Crippen LogP contribution in [0.1, 0.15) is 85.6 Å². The molecule has 0 saturated carbocycles. The molecule has 1 aliphatic heterocycles. The van der Waals surface area contributed by atoms with Crippen LogP contribution in [-0.4, -0.2) is 112 Å². The van der Waals surface area contributed by atoms with Crippen molar-refractivity contribution in [1.82, 2.24) is 20.9 Å². The molecule has 0 aliphatic carbocycles. The second kappa shape index (κ2) is 22.6. The molecule has 0 aromatic heterocycles. The summed E-state index contributed by atoms with van der Waals surface area (Å²) in [6.07, 6.45) is -1.08. The summed E-state index contributed by atoms with van der Waals surface area (Å²) in [7, 11) is 0. The van der Waals surface area contributed by atoms with Gasteiger partial charge in [-0.3, -0.25) is 38.6 Å². The fourth-order valence-electron chi connectivity index (χ4n) is 6.61. The second-order valence-corrected chi connectivity index (χ2v) is 15.8. The van der Waals surface area contributed by atoms with Crippen molar-refractivity contribution in [2.24, 2.45) is 51.6 Å². The molecule has 8 atom stereocenters. The van der Waals surface area contributed by atoms with Gasteiger partial charge in [-0.05, 0) is 69.1 Å². The molecule has 0 radical (unpaired) electrons. The highest BCUT2D eigenvalue weighted by Gasteiger charge is 2.41. The Morgan fingerprint density at radius 2 is 1.53 bits per heavy atom. The molecule has 1 fully saturated rings. The number of hydrogen-bond donors (Lipinski definition) is 9. The lowest BCUT2D eigenvalue weighted by Crippen LogP contribution is -2.53. The van der Waals surface area contributed by atoms with E-state index >= 15 is 0 Å². The lowest BCUT2D eigenvalue weighted by atomic mass is 9.86. The molecular formula is C39H63N9O9. The number of Topliss-reactive ketones (excluding diaryl/α,β-unsaturated/α-hetero) is 2. The molecule has 1 aliphatic rings. The summed E-state index contributed by atoms with van der Waals surface area (Å²) in [4.78, 5) is 97.6. The number of carbonyl (C=O) groups is 7. The molecule has 5 amide bonds. The summed E-state index contributed by atoms with van der Waals surface area (Å²) in [6, 6.07) is 1.18. The number of phenols is 1. The Labute approximate surface area is 334 Å². The maximum Gasteiger partial charge on any atom is 0.243 e. The smallest absolute Gasteiger partial charge is 0.243 e. The van der Waals surface area contributed by atoms with E-state index in [-0.39, 0.29) is 74.6 Å². The number of aromatic hydroxyl groups is 1. The molecule has 1 aromatic carbocycles. The Morgan fingerprint density at radius 1 is 0.895 bits per heavy atom. The highest BCUT2D eigenvalue weighted by atomic mass is 16.3. The van der Waals surface area contributed by atoms with Crippen LogP contribution in [0, 0.1) is 23.7 Å². The number of nitrogens with zero attached hydrogens (tertiary/aromatic N) is 2. The normalized spacial score (nSPS) is 17.8. The fraction of sp³-hybridized carbons (Fsp3) is 0.641. The molecule has 0 unspecified atom stereocenters. The minimum absolute atomic E-state index is 0.00782. The number of aliphatic imine (C=N–C) groups is 1. The molecular weight excluding hydrogens is 738 g/mol. The van der Waals surface area contributed by atoms with Crippen molar-refractivity contribution in [3.05, 3.63) is 29.8 Å². The molecule has 1 heterocycles. The lowest BCUT2D eigenvalue weighted by Gasteiger charge is -2.30. The van der Waals surface area contributed by atoms with E-state index in [2.05, 4.69) is 20.9 Å². The highest BCUT2D eigenvalue weighted by molar-refractivity contribution is 5.96. The summed E-state index contributed by atoms with van der Waals surface area (Å²) in [5.74, 6) is -6.25. The number of guanidine groups is 1. The molecule has 0 spiro atoms. The van der Waals surface area contributed by atoms with E-state index in [1.54, 1.807) is 26.0 Å². The SMILES string of the molecule is CC(C)C[C@H](C(=O)N[C@H](C)C(N)=O)N1C[C@H](NC(=O)[C@H](CC(=O)[C@H](NC(=O)[C@H](CC(=O)[C@H](N)CCCN=C(N)N)Cc2ccc(O)cc2)[C@@H](C)O)C(C)C)CC1=O. The van der Waals surface area contributed by atoms with Crippen LogP contribution in [0.2, 0.25) is 0 Å². The largest absolute Gasteiger partial charge is 0.508 e. The van der Waals surface area contributed by atoms with E-state index in [4.69, 9.17) is 22.9 Å². The molecule has 1 aromatic rings. The first kappa shape index (κ1) is 48.0. The summed E-state index contributed by atoms with van der Waals surface area (Å²) < 4.78 is 0. The van der Waals surface area contributed by atoms with Gasteiger partial charge in [-0.2, -0.15) is 0 Å². The van der Waals surface area contributed by atoms with Crippen LogP contribution in [0.4, 0.5) is 0 Å². The van der Waals surface area contributed by atoms with Gasteiger partial charge in [0.25, 0.3) is 0 Å². The minimum Gasteiger partial charge on any atom is -0.508 e. The number of ketones is 2. The fourth-order valence-corrected chi connectivity index (χ4v) is 6.61. The summed E-state index contributed by atoms with van der Waals surface area (Å²) >= 11 is 0. The molecule has 1 saturated heterocycles. The number of aliphatic hydroxyl groups is 1. The number of hydrogen-bond acceptors (Lipinski definition) is 11. The number of aliphatic hydroxyl groups excluding tert-OH is 1. The Morgan fingerprint density at radius 3 is 2.07 bits per heavy atom. The quantitative estimate of drug-likeness (QED) is 0.0349. The predicted molar refractivity (Wildman–Crippen MR) is 213 cm³/mol. The molecule has 18 heteroatoms. The van der Waals surface area contributed by atoms with Crippen molar-refractivity contribution in [2.45, 2.75) is 123 Å². The first-order chi connectivity index (χ1) is 26.6. The van der Waals surface area contributed by atoms with Gasteiger partial charge in [0, 0.05) is 44.2 Å². The number of nitrogens with two attached hydrogens (primary N) is 4. The van der Waals surface area contributed by atoms with Crippen molar-refractivity contribution < 1.29 is 43.8 Å². The van der Waals surface area contributed by atoms with Crippen molar-refractivity contribution in [2.75, 3.05) is 13.1 Å². The number of phenolic OH excluding ortho intramolecular Hbond substituents is 1. The van der Waals surface area contributed by atoms with Crippen LogP contribution in [0.15, 0.2) is 29.3 Å². The highest BCUT2D eigenvalue weighted by Crippen LogP contribution is 2.24. The van der Waals surface area contributed by atoms with Gasteiger partial charge in [0.1, 0.15) is 29.7 Å². The maximum absolute atomic E-state index is 13.8. The first-order valence-electron chi connectivity index (χ1n) is 19.4. The van der Waals surface area contributed by atoms with Crippen LogP contribution in [-0.2, 0) is 40.0 Å². The number of carbonyl (C=O) groups excluding carboxylic acids is 7. The standard InChI is InChI=1S/C39H63N9O9/c1-20(2)14-30(38(57)45-22(5)35(41)54)48-19-26(17-33(48)53)46-37(56)28(21(3)4)18-32(52)34(23(6)49)47-36(55)25(15-24-9-11-27(50)12-10-24)16-31(51)29(40)8-7-13-44-39(42)43/h9-12,20-23,25-26,28-30,34,49-50H,7-8,13-19,40H2,1-6H3,(H2,41,54)(H,45,57)(H,46,56)(H,47,55)(H4,42,43,44)/t22-,23-,25+,26-,28-,29-,30-,34-/m1/s1. The molecule has 57 heavy (non-hydrogen) atoms. The van der Waals surface area contributed by atoms with E-state index in [0.717, 1.165) is 0 Å². The van der Waals surface area contributed by atoms with Crippen molar-refractivity contribution in [3.8, 4) is 5.75 Å². The predicted octanol–water partition coefficient (Wildman–Crippen LogP) is -0.890. The lowest BCUT2D eigenvalue weighted by molar-refractivity contribution is -0.139. The van der Waals surface area contributed by atoms with Crippen molar-refractivity contribution in [1.29, 1.82) is 0 Å². The Kier molecular flexibility index (Phi) is 19.0. The zero-order valence-corrected chi connectivity index (χ0v) is 33.9. The van der Waals surface area contributed by atoms with Gasteiger partial charge < -0.3 is 54.0 Å². The van der Waals surface area contributed by atoms with Crippen LogP contribution >= 0.6 is 0 Å². The number of nitrogens with one attached hydrogen (secondary N) is 3. The molecule has 13 N–H and O–H groups in total. The Hall–Kier alpha value is -5.10. The monoisotopic (exact) mass is 801 g/mol. The third-order valence-electron chi connectivity index (χ3n) is 9.97. The zero-order valence-electron chi connectivity index (χ0n) is 33.9. The van der Waals surface area contributed by atoms with E-state index < -0.39 is 83.3 Å². The van der Waals surface area contributed by atoms with Gasteiger partial charge in [0.2, 0.25) is 29.5 Å². The molecule has 318 valence electrons. The average molecular weight is 802 g/mol. The topological polar surface area (TPSA) is 316 Å². The summed E-state index contributed by atoms with van der Waals surface area (Å²) in [5, 5.41) is 28.5. The third-order valence-corrected chi connectivity index (χ3v) is 9.97. The Balaban J connectivity index is 2.20. The second-order valence-electron chi connectivity index (χ2n) is 15.8. The van der Waals surface area contributed by atoms with Gasteiger partial charge in [0.15, 0.2) is 11.7 Å². The van der Waals surface area contributed by atoms with E-state index in [0.29, 0.717) is 18.4 Å². The van der Waals surface area contributed by atoms with Gasteiger partial charge in [-0.1, -0.05) is 39.8 Å². The zero-order chi connectivity index (χ0) is 43.1. The first-order valence-corrected chi connectivity index (χ1v) is 19.4. The van der Waals surface area contributed by atoms with Crippen LogP contribution in [0.3, 0.4) is 0 Å². The number of benzene rings is 1. The van der Waals surface area contributed by atoms with Crippen LogP contribution in [0.5, 0.6) is 5.75 Å². The number of rotatable bonds is 24. The Bertz CT molecular complexity index is 1600. The molecule has 2 rings (SSSR count). The molecule has 18 nitrogen and oxygen atoms in total. The third kappa shape index (κ3) is 15.8. The number of amides is 5. The maximum atomic E-state index is 13.8.